The molecule has 0 radical (unpaired) electrons. The third kappa shape index (κ3) is 2.46. The van der Waals surface area contributed by atoms with Crippen LogP contribution in [0.25, 0.3) is 0 Å². The van der Waals surface area contributed by atoms with Crippen LogP contribution in [-0.2, 0) is 6.61 Å². The van der Waals surface area contributed by atoms with Gasteiger partial charge in [-0.3, -0.25) is 0 Å². The van der Waals surface area contributed by atoms with Crippen molar-refractivity contribution in [3.05, 3.63) is 29.3 Å². The lowest BCUT2D eigenvalue weighted by atomic mass is 10.1. The molecule has 3 nitrogen and oxygen atoms in total. The maximum absolute atomic E-state index is 8.98. The van der Waals surface area contributed by atoms with Gasteiger partial charge >= 0.3 is 0 Å². The number of benzene rings is 1. The molecule has 3 heteroatoms. The summed E-state index contributed by atoms with van der Waals surface area (Å²) in [7, 11) is 0. The monoisotopic (exact) mass is 177 g/mol. The van der Waals surface area contributed by atoms with Gasteiger partial charge in [0.1, 0.15) is 11.8 Å². The first-order valence-corrected chi connectivity index (χ1v) is 3.98. The van der Waals surface area contributed by atoms with Crippen LogP contribution in [0.4, 0.5) is 0 Å². The zero-order valence-electron chi connectivity index (χ0n) is 7.45. The van der Waals surface area contributed by atoms with Crippen molar-refractivity contribution in [2.45, 2.75) is 13.5 Å². The Bertz CT molecular complexity index is 328. The summed E-state index contributed by atoms with van der Waals surface area (Å²) < 4.78 is 5.11. The molecular formula is C10H11NO2. The maximum atomic E-state index is 8.98. The van der Waals surface area contributed by atoms with Crippen LogP contribution in [0.15, 0.2) is 18.2 Å². The summed E-state index contributed by atoms with van der Waals surface area (Å²) in [5.74, 6) is 0.578. The average molecular weight is 177 g/mol. The number of aliphatic hydroxyl groups excluding tert-OH is 1. The number of nitriles is 1. The summed E-state index contributed by atoms with van der Waals surface area (Å²) >= 11 is 0. The van der Waals surface area contributed by atoms with Gasteiger partial charge in [-0.05, 0) is 13.0 Å². The minimum atomic E-state index is -0.0670. The van der Waals surface area contributed by atoms with E-state index in [1.54, 1.807) is 6.07 Å². The first-order valence-electron chi connectivity index (χ1n) is 3.98. The fourth-order valence-corrected chi connectivity index (χ4v) is 1.08. The van der Waals surface area contributed by atoms with Crippen LogP contribution in [-0.4, -0.2) is 11.7 Å². The van der Waals surface area contributed by atoms with Crippen LogP contribution in [0.1, 0.15) is 11.1 Å². The molecule has 0 spiro atoms. The van der Waals surface area contributed by atoms with E-state index in [0.29, 0.717) is 5.75 Å². The molecule has 0 aliphatic carbocycles. The van der Waals surface area contributed by atoms with Crippen molar-refractivity contribution >= 4 is 0 Å². The molecule has 0 fully saturated rings. The largest absolute Gasteiger partial charge is 0.478 e. The first-order chi connectivity index (χ1) is 6.27. The molecule has 0 heterocycles. The third-order valence-electron chi connectivity index (χ3n) is 1.68. The van der Waals surface area contributed by atoms with Crippen LogP contribution < -0.4 is 4.74 Å². The van der Waals surface area contributed by atoms with Crippen LogP contribution in [0, 0.1) is 18.3 Å². The number of nitrogens with zero attached hydrogens (tertiary/aromatic N) is 1. The van der Waals surface area contributed by atoms with Crippen LogP contribution in [0.3, 0.4) is 0 Å². The highest BCUT2D eigenvalue weighted by atomic mass is 16.5. The molecule has 1 aromatic carbocycles. The van der Waals surface area contributed by atoms with E-state index in [-0.39, 0.29) is 13.2 Å². The third-order valence-corrected chi connectivity index (χ3v) is 1.68. The zero-order valence-corrected chi connectivity index (χ0v) is 7.45. The molecule has 0 aliphatic rings. The highest BCUT2D eigenvalue weighted by molar-refractivity contribution is 5.36. The Morgan fingerprint density at radius 3 is 2.92 bits per heavy atom. The summed E-state index contributed by atoms with van der Waals surface area (Å²) in [6.07, 6.45) is 0. The van der Waals surface area contributed by atoms with Crippen molar-refractivity contribution in [3.8, 4) is 11.8 Å². The van der Waals surface area contributed by atoms with Crippen LogP contribution in [0.2, 0.25) is 0 Å². The SMILES string of the molecule is Cc1ccc(OCC#N)c(CO)c1. The number of ether oxygens (including phenoxy) is 1. The fraction of sp³-hybridized carbons (Fsp3) is 0.300. The Morgan fingerprint density at radius 1 is 1.54 bits per heavy atom. The number of aliphatic hydroxyl groups is 1. The summed E-state index contributed by atoms with van der Waals surface area (Å²) in [6.45, 7) is 1.88. The van der Waals surface area contributed by atoms with Crippen molar-refractivity contribution < 1.29 is 9.84 Å². The average Bonchev–Trinajstić information content (AvgIpc) is 2.16. The van der Waals surface area contributed by atoms with Gasteiger partial charge in [-0.15, -0.1) is 0 Å². The smallest absolute Gasteiger partial charge is 0.174 e. The highest BCUT2D eigenvalue weighted by Gasteiger charge is 2.01. The lowest BCUT2D eigenvalue weighted by Crippen LogP contribution is -1.98. The van der Waals surface area contributed by atoms with E-state index in [1.165, 1.54) is 0 Å². The van der Waals surface area contributed by atoms with Gasteiger partial charge in [0.25, 0.3) is 0 Å². The molecule has 0 atom stereocenters. The standard InChI is InChI=1S/C10H11NO2/c1-8-2-3-10(13-5-4-11)9(6-8)7-12/h2-3,6,12H,5,7H2,1H3. The molecule has 0 unspecified atom stereocenters. The lowest BCUT2D eigenvalue weighted by Gasteiger charge is -2.07. The predicted octanol–water partition coefficient (Wildman–Crippen LogP) is 1.39. The van der Waals surface area contributed by atoms with Gasteiger partial charge in [0, 0.05) is 5.56 Å². The Balaban J connectivity index is 2.87. The number of hydrogen-bond donors (Lipinski definition) is 1. The Kier molecular flexibility index (Phi) is 3.30. The highest BCUT2D eigenvalue weighted by Crippen LogP contribution is 2.19. The van der Waals surface area contributed by atoms with E-state index >= 15 is 0 Å². The molecule has 0 saturated heterocycles. The quantitative estimate of drug-likeness (QED) is 0.759. The van der Waals surface area contributed by atoms with Gasteiger partial charge in [-0.25, -0.2) is 0 Å². The van der Waals surface area contributed by atoms with E-state index in [9.17, 15) is 0 Å². The van der Waals surface area contributed by atoms with Crippen LogP contribution >= 0.6 is 0 Å². The molecule has 0 aromatic heterocycles. The second-order valence-corrected chi connectivity index (χ2v) is 2.72. The molecule has 1 aromatic rings. The van der Waals surface area contributed by atoms with Gasteiger partial charge in [-0.2, -0.15) is 5.26 Å². The molecule has 1 rings (SSSR count). The first kappa shape index (κ1) is 9.56. The minimum absolute atomic E-state index is 0.00998. The molecule has 0 amide bonds. The van der Waals surface area contributed by atoms with Gasteiger partial charge in [-0.1, -0.05) is 17.7 Å². The number of rotatable bonds is 3. The van der Waals surface area contributed by atoms with Gasteiger partial charge < -0.3 is 9.84 Å². The molecule has 0 bridgehead atoms. The maximum Gasteiger partial charge on any atom is 0.174 e. The molecule has 0 aliphatic heterocycles. The minimum Gasteiger partial charge on any atom is -0.478 e. The second kappa shape index (κ2) is 4.48. The summed E-state index contributed by atoms with van der Waals surface area (Å²) in [4.78, 5) is 0. The Labute approximate surface area is 77.2 Å². The molecule has 0 saturated carbocycles. The van der Waals surface area contributed by atoms with Crippen molar-refractivity contribution in [2.24, 2.45) is 0 Å². The second-order valence-electron chi connectivity index (χ2n) is 2.72. The topological polar surface area (TPSA) is 53.2 Å². The fourth-order valence-electron chi connectivity index (χ4n) is 1.08. The van der Waals surface area contributed by atoms with E-state index < -0.39 is 0 Å². The zero-order chi connectivity index (χ0) is 9.68. The normalized spacial score (nSPS) is 9.31. The number of aryl methyl sites for hydroxylation is 1. The van der Waals surface area contributed by atoms with Gasteiger partial charge in [0.15, 0.2) is 6.61 Å². The van der Waals surface area contributed by atoms with E-state index in [2.05, 4.69) is 0 Å². The molecule has 68 valence electrons. The van der Waals surface area contributed by atoms with Crippen LogP contribution in [0.5, 0.6) is 5.75 Å². The molecule has 1 N–H and O–H groups in total. The van der Waals surface area contributed by atoms with Crippen molar-refractivity contribution in [3.63, 3.8) is 0 Å². The summed E-state index contributed by atoms with van der Waals surface area (Å²) in [5.41, 5.74) is 1.78. The number of hydrogen-bond acceptors (Lipinski definition) is 3. The predicted molar refractivity (Wildman–Crippen MR) is 48.2 cm³/mol. The molecular weight excluding hydrogens is 166 g/mol. The van der Waals surface area contributed by atoms with E-state index in [0.717, 1.165) is 11.1 Å². The lowest BCUT2D eigenvalue weighted by molar-refractivity contribution is 0.270. The molecule has 13 heavy (non-hydrogen) atoms. The Hall–Kier alpha value is -1.53. The van der Waals surface area contributed by atoms with Crippen molar-refractivity contribution in [1.29, 1.82) is 5.26 Å². The van der Waals surface area contributed by atoms with Gasteiger partial charge in [0.05, 0.1) is 6.61 Å². The van der Waals surface area contributed by atoms with E-state index in [4.69, 9.17) is 15.1 Å². The van der Waals surface area contributed by atoms with Crippen molar-refractivity contribution in [1.82, 2.24) is 0 Å². The van der Waals surface area contributed by atoms with Gasteiger partial charge in [0.2, 0.25) is 0 Å². The van der Waals surface area contributed by atoms with E-state index in [1.807, 2.05) is 25.1 Å². The Morgan fingerprint density at radius 2 is 2.31 bits per heavy atom. The van der Waals surface area contributed by atoms with Crippen molar-refractivity contribution in [2.75, 3.05) is 6.61 Å². The summed E-state index contributed by atoms with van der Waals surface area (Å²) in [5, 5.41) is 17.3. The summed E-state index contributed by atoms with van der Waals surface area (Å²) in [6, 6.07) is 7.36.